The standard InChI is InChI=1S/C16H18F2O2/c17-11-6-5-7-12(18)15(11)20-14-10-13(19)16(14)8-3-1-2-4-9-16/h5-7,14H,1-4,8-10H2. The van der Waals surface area contributed by atoms with Gasteiger partial charge >= 0.3 is 0 Å². The fourth-order valence-electron chi connectivity index (χ4n) is 3.47. The molecule has 1 aromatic rings. The fraction of sp³-hybridized carbons (Fsp3) is 0.562. The summed E-state index contributed by atoms with van der Waals surface area (Å²) in [6.07, 6.45) is 5.69. The number of benzene rings is 1. The van der Waals surface area contributed by atoms with E-state index in [-0.39, 0.29) is 24.1 Å². The highest BCUT2D eigenvalue weighted by molar-refractivity contribution is 5.92. The Kier molecular flexibility index (Phi) is 3.48. The van der Waals surface area contributed by atoms with Gasteiger partial charge in [0.2, 0.25) is 0 Å². The van der Waals surface area contributed by atoms with Crippen LogP contribution in [0.25, 0.3) is 0 Å². The van der Waals surface area contributed by atoms with Gasteiger partial charge in [0.1, 0.15) is 11.9 Å². The minimum absolute atomic E-state index is 0.196. The van der Waals surface area contributed by atoms with Crippen molar-refractivity contribution in [1.82, 2.24) is 0 Å². The SMILES string of the molecule is O=C1CC(Oc2c(F)cccc2F)C12CCCCCC2. The van der Waals surface area contributed by atoms with Crippen LogP contribution >= 0.6 is 0 Å². The zero-order valence-electron chi connectivity index (χ0n) is 11.3. The lowest BCUT2D eigenvalue weighted by Gasteiger charge is -2.47. The van der Waals surface area contributed by atoms with Crippen molar-refractivity contribution < 1.29 is 18.3 Å². The van der Waals surface area contributed by atoms with E-state index in [1.54, 1.807) is 0 Å². The molecule has 4 heteroatoms. The van der Waals surface area contributed by atoms with E-state index < -0.39 is 17.0 Å². The van der Waals surface area contributed by atoms with Crippen molar-refractivity contribution in [2.75, 3.05) is 0 Å². The van der Waals surface area contributed by atoms with Crippen molar-refractivity contribution in [1.29, 1.82) is 0 Å². The van der Waals surface area contributed by atoms with E-state index in [2.05, 4.69) is 0 Å². The predicted molar refractivity (Wildman–Crippen MR) is 70.5 cm³/mol. The summed E-state index contributed by atoms with van der Waals surface area (Å²) in [6.45, 7) is 0. The molecule has 0 amide bonds. The Morgan fingerprint density at radius 1 is 1.05 bits per heavy atom. The zero-order valence-corrected chi connectivity index (χ0v) is 11.3. The third kappa shape index (κ3) is 2.11. The average Bonchev–Trinajstić information content (AvgIpc) is 2.69. The van der Waals surface area contributed by atoms with Gasteiger partial charge in [0.05, 0.1) is 5.41 Å². The van der Waals surface area contributed by atoms with E-state index in [1.165, 1.54) is 18.2 Å². The Hall–Kier alpha value is -1.45. The quantitative estimate of drug-likeness (QED) is 0.817. The van der Waals surface area contributed by atoms with Crippen LogP contribution in [0.3, 0.4) is 0 Å². The number of halogens is 2. The van der Waals surface area contributed by atoms with Gasteiger partial charge in [-0.1, -0.05) is 31.7 Å². The minimum atomic E-state index is -0.701. The van der Waals surface area contributed by atoms with Crippen LogP contribution in [-0.2, 0) is 4.79 Å². The summed E-state index contributed by atoms with van der Waals surface area (Å²) in [7, 11) is 0. The highest BCUT2D eigenvalue weighted by Crippen LogP contribution is 2.50. The molecule has 2 nitrogen and oxygen atoms in total. The largest absolute Gasteiger partial charge is 0.483 e. The molecule has 2 aliphatic carbocycles. The maximum Gasteiger partial charge on any atom is 0.191 e. The summed E-state index contributed by atoms with van der Waals surface area (Å²) < 4.78 is 32.9. The molecule has 0 bridgehead atoms. The van der Waals surface area contributed by atoms with Gasteiger partial charge in [0.15, 0.2) is 17.4 Å². The molecule has 2 saturated carbocycles. The summed E-state index contributed by atoms with van der Waals surface area (Å²) in [5.41, 5.74) is -0.495. The van der Waals surface area contributed by atoms with Crippen LogP contribution in [0, 0.1) is 17.0 Å². The van der Waals surface area contributed by atoms with Gasteiger partial charge in [-0.05, 0) is 25.0 Å². The molecule has 0 saturated heterocycles. The third-order valence-electron chi connectivity index (χ3n) is 4.72. The molecular formula is C16H18F2O2. The van der Waals surface area contributed by atoms with Gasteiger partial charge in [0.25, 0.3) is 0 Å². The molecule has 0 aromatic heterocycles. The number of carbonyl (C=O) groups excluding carboxylic acids is 1. The van der Waals surface area contributed by atoms with E-state index in [0.29, 0.717) is 0 Å². The first-order valence-corrected chi connectivity index (χ1v) is 7.27. The van der Waals surface area contributed by atoms with Crippen molar-refractivity contribution in [3.63, 3.8) is 0 Å². The first-order valence-electron chi connectivity index (χ1n) is 7.27. The average molecular weight is 280 g/mol. The van der Waals surface area contributed by atoms with E-state index in [1.807, 2.05) is 0 Å². The van der Waals surface area contributed by atoms with Crippen molar-refractivity contribution >= 4 is 5.78 Å². The van der Waals surface area contributed by atoms with Crippen LogP contribution in [-0.4, -0.2) is 11.9 Å². The van der Waals surface area contributed by atoms with Crippen molar-refractivity contribution in [3.05, 3.63) is 29.8 Å². The van der Waals surface area contributed by atoms with Gasteiger partial charge in [-0.15, -0.1) is 0 Å². The van der Waals surface area contributed by atoms with E-state index in [0.717, 1.165) is 38.5 Å². The normalized spacial score (nSPS) is 25.1. The van der Waals surface area contributed by atoms with Crippen LogP contribution in [0.1, 0.15) is 44.9 Å². The second-order valence-corrected chi connectivity index (χ2v) is 5.85. The van der Waals surface area contributed by atoms with Crippen molar-refractivity contribution in [2.24, 2.45) is 5.41 Å². The molecule has 3 rings (SSSR count). The first-order chi connectivity index (χ1) is 9.63. The maximum atomic E-state index is 13.7. The number of carbonyl (C=O) groups is 1. The molecular weight excluding hydrogens is 262 g/mol. The molecule has 2 aliphatic rings. The highest BCUT2D eigenvalue weighted by Gasteiger charge is 2.56. The second kappa shape index (κ2) is 5.15. The van der Waals surface area contributed by atoms with Crippen LogP contribution in [0.5, 0.6) is 5.75 Å². The van der Waals surface area contributed by atoms with E-state index >= 15 is 0 Å². The summed E-state index contributed by atoms with van der Waals surface area (Å²) in [6, 6.07) is 3.67. The molecule has 1 atom stereocenters. The zero-order chi connectivity index (χ0) is 14.2. The molecule has 0 aliphatic heterocycles. The lowest BCUT2D eigenvalue weighted by molar-refractivity contribution is -0.154. The van der Waals surface area contributed by atoms with Gasteiger partial charge in [-0.2, -0.15) is 0 Å². The summed E-state index contributed by atoms with van der Waals surface area (Å²) in [4.78, 5) is 12.1. The van der Waals surface area contributed by atoms with Crippen LogP contribution in [0.4, 0.5) is 8.78 Å². The summed E-state index contributed by atoms with van der Waals surface area (Å²) >= 11 is 0. The van der Waals surface area contributed by atoms with Crippen LogP contribution in [0.2, 0.25) is 0 Å². The molecule has 108 valence electrons. The maximum absolute atomic E-state index is 13.7. The Bertz CT molecular complexity index is 499. The van der Waals surface area contributed by atoms with E-state index in [9.17, 15) is 13.6 Å². The predicted octanol–water partition coefficient (Wildman–Crippen LogP) is 4.03. The number of hydrogen-bond donors (Lipinski definition) is 0. The summed E-state index contributed by atoms with van der Waals surface area (Å²) in [5, 5.41) is 0. The van der Waals surface area contributed by atoms with Crippen molar-refractivity contribution in [2.45, 2.75) is 51.0 Å². The first kappa shape index (κ1) is 13.5. The van der Waals surface area contributed by atoms with Crippen LogP contribution in [0.15, 0.2) is 18.2 Å². The van der Waals surface area contributed by atoms with E-state index in [4.69, 9.17) is 4.74 Å². The highest BCUT2D eigenvalue weighted by atomic mass is 19.1. The smallest absolute Gasteiger partial charge is 0.191 e. The van der Waals surface area contributed by atoms with Gasteiger partial charge in [-0.3, -0.25) is 4.79 Å². The van der Waals surface area contributed by atoms with Gasteiger partial charge < -0.3 is 4.74 Å². The lowest BCUT2D eigenvalue weighted by atomic mass is 9.60. The van der Waals surface area contributed by atoms with Gasteiger partial charge in [-0.25, -0.2) is 8.78 Å². The lowest BCUT2D eigenvalue weighted by Crippen LogP contribution is -2.56. The number of para-hydroxylation sites is 1. The minimum Gasteiger partial charge on any atom is -0.483 e. The number of ketones is 1. The molecule has 2 fully saturated rings. The molecule has 1 spiro atoms. The molecule has 20 heavy (non-hydrogen) atoms. The number of hydrogen-bond acceptors (Lipinski definition) is 2. The third-order valence-corrected chi connectivity index (χ3v) is 4.72. The number of Topliss-reactive ketones (excluding diaryl/α,β-unsaturated/α-hetero) is 1. The van der Waals surface area contributed by atoms with Gasteiger partial charge in [0, 0.05) is 6.42 Å². The molecule has 0 radical (unpaired) electrons. The Morgan fingerprint density at radius 3 is 2.20 bits per heavy atom. The monoisotopic (exact) mass is 280 g/mol. The Labute approximate surface area is 117 Å². The molecule has 0 heterocycles. The Morgan fingerprint density at radius 2 is 1.65 bits per heavy atom. The van der Waals surface area contributed by atoms with Crippen molar-refractivity contribution in [3.8, 4) is 5.75 Å². The second-order valence-electron chi connectivity index (χ2n) is 5.85. The number of rotatable bonds is 2. The summed E-state index contributed by atoms with van der Waals surface area (Å²) in [5.74, 6) is -1.55. The molecule has 0 N–H and O–H groups in total. The number of ether oxygens (including phenoxy) is 1. The topological polar surface area (TPSA) is 26.3 Å². The van der Waals surface area contributed by atoms with Crippen LogP contribution < -0.4 is 4.74 Å². The fourth-order valence-corrected chi connectivity index (χ4v) is 3.47. The molecule has 1 unspecified atom stereocenters. The molecule has 1 aromatic carbocycles. The Balaban J connectivity index is 1.82.